The van der Waals surface area contributed by atoms with Crippen LogP contribution < -0.4 is 0 Å². The lowest BCUT2D eigenvalue weighted by atomic mass is 10.1. The number of hydrogen-bond acceptors (Lipinski definition) is 0. The Morgan fingerprint density at radius 2 is 0.944 bits per heavy atom. The molecule has 2 atom stereocenters. The predicted molar refractivity (Wildman–Crippen MR) is 47.4 cm³/mol. The summed E-state index contributed by atoms with van der Waals surface area (Å²) in [5.41, 5.74) is 0. The molecule has 0 amide bonds. The van der Waals surface area contributed by atoms with Crippen LogP contribution in [0, 0.1) is 0 Å². The zero-order chi connectivity index (χ0) is 15.2. The van der Waals surface area contributed by atoms with E-state index >= 15 is 0 Å². The van der Waals surface area contributed by atoms with Crippen LogP contribution in [-0.2, 0) is 0 Å². The van der Waals surface area contributed by atoms with Crippen molar-refractivity contribution in [3.05, 3.63) is 0 Å². The van der Waals surface area contributed by atoms with Gasteiger partial charge in [0.15, 0.2) is 0 Å². The van der Waals surface area contributed by atoms with Gasteiger partial charge in [0.2, 0.25) is 0 Å². The first-order chi connectivity index (χ1) is 7.57. The Hall–Kier alpha value is 0.260. The van der Waals surface area contributed by atoms with E-state index in [0.29, 0.717) is 0 Å². The number of halogens is 12. The van der Waals surface area contributed by atoms with Crippen molar-refractivity contribution in [1.82, 2.24) is 0 Å². The summed E-state index contributed by atoms with van der Waals surface area (Å²) < 4.78 is 122. The molecular weight excluding hydrogens is 422 g/mol. The van der Waals surface area contributed by atoms with Crippen molar-refractivity contribution in [2.24, 2.45) is 0 Å². The van der Waals surface area contributed by atoms with E-state index in [1.54, 1.807) is 15.9 Å². The molecule has 110 valence electrons. The van der Waals surface area contributed by atoms with E-state index in [2.05, 4.69) is 0 Å². The van der Waals surface area contributed by atoms with Crippen molar-refractivity contribution in [3.8, 4) is 0 Å². The van der Waals surface area contributed by atoms with Crippen LogP contribution in [0.15, 0.2) is 0 Å². The van der Waals surface area contributed by atoms with Crippen molar-refractivity contribution in [2.75, 3.05) is 0 Å². The molecule has 0 aromatic rings. The average Bonchev–Trinajstić information content (AvgIpc) is 2.11. The van der Waals surface area contributed by atoms with Crippen LogP contribution in [0.5, 0.6) is 0 Å². The Kier molecular flexibility index (Phi) is 5.06. The second-order valence-electron chi connectivity index (χ2n) is 3.04. The molecule has 0 N–H and O–H groups in total. The predicted octanol–water partition coefficient (Wildman–Crippen LogP) is 4.91. The molecule has 0 heterocycles. The van der Waals surface area contributed by atoms with E-state index in [1.165, 1.54) is 15.9 Å². The summed E-state index contributed by atoms with van der Waals surface area (Å²) in [6.07, 6.45) is -12.1. The fraction of sp³-hybridized carbons (Fsp3) is 1.00. The monoisotopic (exact) mass is 422 g/mol. The molecule has 12 heteroatoms. The van der Waals surface area contributed by atoms with Crippen LogP contribution in [0.1, 0.15) is 0 Å². The first-order valence-electron chi connectivity index (χ1n) is 3.74. The van der Waals surface area contributed by atoms with Gasteiger partial charge in [-0.25, -0.2) is 0 Å². The first-order valence-corrected chi connectivity index (χ1v) is 5.57. The second kappa shape index (κ2) is 4.98. The average molecular weight is 424 g/mol. The molecule has 0 aliphatic rings. The highest BCUT2D eigenvalue weighted by Crippen LogP contribution is 2.52. The third-order valence-corrected chi connectivity index (χ3v) is 4.55. The highest BCUT2D eigenvalue weighted by molar-refractivity contribution is 9.12. The molecule has 0 radical (unpaired) electrons. The molecule has 2 unspecified atom stereocenters. The molecule has 0 saturated heterocycles. The van der Waals surface area contributed by atoms with Gasteiger partial charge in [0, 0.05) is 0 Å². The minimum atomic E-state index is -6.68. The van der Waals surface area contributed by atoms with E-state index in [-0.39, 0.29) is 0 Å². The molecule has 0 nitrogen and oxygen atoms in total. The number of alkyl halides is 12. The first kappa shape index (κ1) is 18.3. The van der Waals surface area contributed by atoms with Gasteiger partial charge in [-0.3, -0.25) is 0 Å². The zero-order valence-corrected chi connectivity index (χ0v) is 10.9. The topological polar surface area (TPSA) is 0 Å². The highest BCUT2D eigenvalue weighted by atomic mass is 79.9. The van der Waals surface area contributed by atoms with Gasteiger partial charge in [-0.15, -0.1) is 0 Å². The summed E-state index contributed by atoms with van der Waals surface area (Å²) in [5, 5.41) is 0. The highest BCUT2D eigenvalue weighted by Gasteiger charge is 2.76. The fourth-order valence-corrected chi connectivity index (χ4v) is 1.63. The zero-order valence-electron chi connectivity index (χ0n) is 7.69. The van der Waals surface area contributed by atoms with Gasteiger partial charge in [-0.2, -0.15) is 43.9 Å². The normalized spacial score (nSPS) is 18.7. The summed E-state index contributed by atoms with van der Waals surface area (Å²) in [4.78, 5) is -6.78. The summed E-state index contributed by atoms with van der Waals surface area (Å²) in [7, 11) is 0. The molecule has 0 spiro atoms. The maximum absolute atomic E-state index is 12.8. The molecule has 0 aromatic carbocycles. The van der Waals surface area contributed by atoms with Crippen LogP contribution in [0.4, 0.5) is 43.9 Å². The lowest BCUT2D eigenvalue weighted by Crippen LogP contribution is -2.59. The summed E-state index contributed by atoms with van der Waals surface area (Å²) in [5.74, 6) is -12.6. The molecule has 0 rings (SSSR count). The Morgan fingerprint density at radius 1 is 0.611 bits per heavy atom. The van der Waals surface area contributed by atoms with Crippen molar-refractivity contribution in [3.63, 3.8) is 0 Å². The summed E-state index contributed by atoms with van der Waals surface area (Å²) in [6.45, 7) is 0. The molecule has 0 aliphatic carbocycles. The molecule has 0 saturated carbocycles. The van der Waals surface area contributed by atoms with Crippen LogP contribution >= 0.6 is 31.9 Å². The molecule has 0 bridgehead atoms. The molecule has 0 fully saturated rings. The van der Waals surface area contributed by atoms with Gasteiger partial charge >= 0.3 is 24.2 Å². The molecule has 0 aliphatic heterocycles. The number of rotatable bonds is 3. The van der Waals surface area contributed by atoms with E-state index in [9.17, 15) is 43.9 Å². The Balaban J connectivity index is 5.40. The smallest absolute Gasteiger partial charge is 0.198 e. The SMILES string of the molecule is FC(F)(F)C(Br)C(Br)C(F)(F)C(F)(F)C(F)(F)F. The fourth-order valence-electron chi connectivity index (χ4n) is 0.712. The molecular formula is C6H2Br2F10. The Morgan fingerprint density at radius 3 is 1.17 bits per heavy atom. The van der Waals surface area contributed by atoms with E-state index in [4.69, 9.17) is 0 Å². The van der Waals surface area contributed by atoms with Gasteiger partial charge in [-0.1, -0.05) is 31.9 Å². The van der Waals surface area contributed by atoms with Crippen molar-refractivity contribution in [1.29, 1.82) is 0 Å². The Bertz CT molecular complexity index is 292. The van der Waals surface area contributed by atoms with Crippen molar-refractivity contribution < 1.29 is 43.9 Å². The van der Waals surface area contributed by atoms with Crippen LogP contribution in [0.25, 0.3) is 0 Å². The van der Waals surface area contributed by atoms with Gasteiger partial charge < -0.3 is 0 Å². The summed E-state index contributed by atoms with van der Waals surface area (Å²) in [6, 6.07) is 0. The van der Waals surface area contributed by atoms with Crippen molar-refractivity contribution in [2.45, 2.75) is 33.9 Å². The standard InChI is InChI=1S/C6H2Br2F10/c7-1(2(8)4(11,12)13)3(9,10)5(14,15)6(16,17)18/h1-2H. The van der Waals surface area contributed by atoms with Gasteiger partial charge in [-0.05, 0) is 0 Å². The van der Waals surface area contributed by atoms with Crippen LogP contribution in [-0.4, -0.2) is 33.9 Å². The lowest BCUT2D eigenvalue weighted by Gasteiger charge is -2.33. The maximum Gasteiger partial charge on any atom is 0.459 e. The quantitative estimate of drug-likeness (QED) is 0.447. The van der Waals surface area contributed by atoms with Crippen LogP contribution in [0.3, 0.4) is 0 Å². The second-order valence-corrected chi connectivity index (χ2v) is 5.01. The third-order valence-electron chi connectivity index (χ3n) is 1.69. The van der Waals surface area contributed by atoms with E-state index in [0.717, 1.165) is 0 Å². The molecule has 18 heavy (non-hydrogen) atoms. The van der Waals surface area contributed by atoms with E-state index < -0.39 is 33.9 Å². The summed E-state index contributed by atoms with van der Waals surface area (Å²) >= 11 is 3.14. The van der Waals surface area contributed by atoms with Crippen molar-refractivity contribution >= 4 is 31.9 Å². The van der Waals surface area contributed by atoms with Gasteiger partial charge in [0.25, 0.3) is 0 Å². The van der Waals surface area contributed by atoms with Gasteiger partial charge in [0.1, 0.15) is 9.65 Å². The lowest BCUT2D eigenvalue weighted by molar-refractivity contribution is -0.355. The Labute approximate surface area is 110 Å². The minimum Gasteiger partial charge on any atom is -0.198 e. The minimum absolute atomic E-state index is 1.53. The van der Waals surface area contributed by atoms with Gasteiger partial charge in [0.05, 0.1) is 0 Å². The third kappa shape index (κ3) is 3.23. The van der Waals surface area contributed by atoms with E-state index in [1.807, 2.05) is 0 Å². The molecule has 0 aromatic heterocycles. The number of hydrogen-bond donors (Lipinski definition) is 0. The van der Waals surface area contributed by atoms with Crippen LogP contribution in [0.2, 0.25) is 0 Å². The maximum atomic E-state index is 12.8. The largest absolute Gasteiger partial charge is 0.459 e.